The number of carbonyl (C=O) groups is 1. The number of nitrogens with one attached hydrogen (secondary N) is 1. The van der Waals surface area contributed by atoms with Gasteiger partial charge in [0.05, 0.1) is 16.9 Å². The minimum Gasteiger partial charge on any atom is -0.463 e. The Balaban J connectivity index is 1.82. The topological polar surface area (TPSA) is 73.2 Å². The average Bonchev–Trinajstić information content (AvgIpc) is 2.73. The molecule has 0 aliphatic heterocycles. The van der Waals surface area contributed by atoms with Crippen molar-refractivity contribution >= 4 is 11.6 Å². The van der Waals surface area contributed by atoms with Gasteiger partial charge in [0, 0.05) is 12.1 Å². The maximum atomic E-state index is 13.1. The molecule has 1 aromatic heterocycles. The summed E-state index contributed by atoms with van der Waals surface area (Å²) in [6.07, 6.45) is -5.69. The molecule has 0 aliphatic rings. The molecular formula is C21H17F4N3O3. The molecule has 6 nitrogen and oxygen atoms in total. The SMILES string of the molecule is CC[C@@H](Oc1ccc(=O)n(-c2ccc(F)cc2)n1)C(=O)Nc1ccccc1C(F)(F)F. The van der Waals surface area contributed by atoms with E-state index in [1.165, 1.54) is 30.3 Å². The molecule has 0 saturated heterocycles. The molecule has 31 heavy (non-hydrogen) atoms. The summed E-state index contributed by atoms with van der Waals surface area (Å²) < 4.78 is 59.1. The molecule has 2 aromatic carbocycles. The Morgan fingerprint density at radius 1 is 1.10 bits per heavy atom. The summed E-state index contributed by atoms with van der Waals surface area (Å²) in [5.41, 5.74) is -1.63. The van der Waals surface area contributed by atoms with Gasteiger partial charge in [-0.15, -0.1) is 5.10 Å². The molecule has 3 aromatic rings. The van der Waals surface area contributed by atoms with Crippen LogP contribution in [0, 0.1) is 5.82 Å². The molecule has 0 fully saturated rings. The Hall–Kier alpha value is -3.69. The van der Waals surface area contributed by atoms with Crippen molar-refractivity contribution < 1.29 is 27.1 Å². The number of halogens is 4. The van der Waals surface area contributed by atoms with Crippen LogP contribution in [-0.4, -0.2) is 21.8 Å². The highest BCUT2D eigenvalue weighted by Crippen LogP contribution is 2.34. The number of alkyl halides is 3. The lowest BCUT2D eigenvalue weighted by molar-refractivity contribution is -0.137. The third kappa shape index (κ3) is 5.27. The van der Waals surface area contributed by atoms with Gasteiger partial charge in [-0.2, -0.15) is 17.9 Å². The summed E-state index contributed by atoms with van der Waals surface area (Å²) in [4.78, 5) is 24.6. The van der Waals surface area contributed by atoms with Gasteiger partial charge < -0.3 is 10.1 Å². The van der Waals surface area contributed by atoms with E-state index in [-0.39, 0.29) is 18.0 Å². The van der Waals surface area contributed by atoms with Crippen molar-refractivity contribution in [1.29, 1.82) is 0 Å². The Bertz CT molecular complexity index is 1130. The zero-order valence-corrected chi connectivity index (χ0v) is 16.2. The second kappa shape index (κ2) is 8.99. The minimum absolute atomic E-state index is 0.102. The van der Waals surface area contributed by atoms with Crippen LogP contribution < -0.4 is 15.6 Å². The molecule has 10 heteroatoms. The first-order valence-corrected chi connectivity index (χ1v) is 9.19. The lowest BCUT2D eigenvalue weighted by atomic mass is 10.1. The number of ether oxygens (including phenoxy) is 1. The molecule has 1 amide bonds. The normalized spacial score (nSPS) is 12.3. The molecular weight excluding hydrogens is 418 g/mol. The van der Waals surface area contributed by atoms with Gasteiger partial charge in [-0.25, -0.2) is 4.39 Å². The third-order valence-electron chi connectivity index (χ3n) is 4.26. The Labute approximate surface area is 174 Å². The maximum absolute atomic E-state index is 13.1. The van der Waals surface area contributed by atoms with E-state index in [1.54, 1.807) is 6.92 Å². The van der Waals surface area contributed by atoms with Crippen molar-refractivity contribution in [3.63, 3.8) is 0 Å². The van der Waals surface area contributed by atoms with Crippen LogP contribution in [0.5, 0.6) is 5.88 Å². The van der Waals surface area contributed by atoms with Crippen LogP contribution in [-0.2, 0) is 11.0 Å². The second-order valence-electron chi connectivity index (χ2n) is 6.45. The number of para-hydroxylation sites is 1. The van der Waals surface area contributed by atoms with Gasteiger partial charge in [-0.1, -0.05) is 19.1 Å². The van der Waals surface area contributed by atoms with Crippen molar-refractivity contribution in [2.24, 2.45) is 0 Å². The number of benzene rings is 2. The zero-order valence-electron chi connectivity index (χ0n) is 16.2. The van der Waals surface area contributed by atoms with Crippen LogP contribution >= 0.6 is 0 Å². The van der Waals surface area contributed by atoms with Crippen LogP contribution in [0.2, 0.25) is 0 Å². The molecule has 0 aliphatic carbocycles. The Morgan fingerprint density at radius 2 is 1.77 bits per heavy atom. The van der Waals surface area contributed by atoms with E-state index >= 15 is 0 Å². The van der Waals surface area contributed by atoms with E-state index in [0.29, 0.717) is 0 Å². The fourth-order valence-corrected chi connectivity index (χ4v) is 2.75. The summed E-state index contributed by atoms with van der Waals surface area (Å²) in [6.45, 7) is 1.61. The first-order valence-electron chi connectivity index (χ1n) is 9.19. The fourth-order valence-electron chi connectivity index (χ4n) is 2.75. The Kier molecular flexibility index (Phi) is 6.38. The number of amides is 1. The summed E-state index contributed by atoms with van der Waals surface area (Å²) >= 11 is 0. The van der Waals surface area contributed by atoms with Crippen molar-refractivity contribution in [1.82, 2.24) is 9.78 Å². The van der Waals surface area contributed by atoms with Gasteiger partial charge in [0.2, 0.25) is 5.88 Å². The van der Waals surface area contributed by atoms with E-state index in [2.05, 4.69) is 10.4 Å². The van der Waals surface area contributed by atoms with Crippen LogP contribution in [0.1, 0.15) is 18.9 Å². The third-order valence-corrected chi connectivity index (χ3v) is 4.26. The van der Waals surface area contributed by atoms with Crippen LogP contribution in [0.15, 0.2) is 65.5 Å². The van der Waals surface area contributed by atoms with Crippen molar-refractivity contribution in [3.05, 3.63) is 82.4 Å². The van der Waals surface area contributed by atoms with Crippen LogP contribution in [0.4, 0.5) is 23.2 Å². The predicted octanol–water partition coefficient (Wildman–Crippen LogP) is 4.19. The molecule has 0 saturated carbocycles. The number of hydrogen-bond acceptors (Lipinski definition) is 4. The van der Waals surface area contributed by atoms with Gasteiger partial charge in [-0.3, -0.25) is 9.59 Å². The quantitative estimate of drug-likeness (QED) is 0.590. The van der Waals surface area contributed by atoms with Crippen LogP contribution in [0.3, 0.4) is 0 Å². The maximum Gasteiger partial charge on any atom is 0.418 e. The molecule has 1 atom stereocenters. The number of rotatable bonds is 6. The molecule has 162 valence electrons. The van der Waals surface area contributed by atoms with Crippen molar-refractivity contribution in [3.8, 4) is 11.6 Å². The molecule has 0 bridgehead atoms. The smallest absolute Gasteiger partial charge is 0.418 e. The van der Waals surface area contributed by atoms with E-state index < -0.39 is 40.8 Å². The van der Waals surface area contributed by atoms with Gasteiger partial charge in [-0.05, 0) is 42.8 Å². The first kappa shape index (κ1) is 22.0. The van der Waals surface area contributed by atoms with E-state index in [4.69, 9.17) is 4.74 Å². The fraction of sp³-hybridized carbons (Fsp3) is 0.190. The summed E-state index contributed by atoms with van der Waals surface area (Å²) in [5.74, 6) is -1.40. The molecule has 0 unspecified atom stereocenters. The molecule has 0 spiro atoms. The number of nitrogens with zero attached hydrogens (tertiary/aromatic N) is 2. The largest absolute Gasteiger partial charge is 0.463 e. The first-order chi connectivity index (χ1) is 14.7. The van der Waals surface area contributed by atoms with Gasteiger partial charge >= 0.3 is 6.18 Å². The lowest BCUT2D eigenvalue weighted by Crippen LogP contribution is -2.34. The lowest BCUT2D eigenvalue weighted by Gasteiger charge is -2.19. The summed E-state index contributed by atoms with van der Waals surface area (Å²) in [7, 11) is 0. The molecule has 1 N–H and O–H groups in total. The standard InChI is InChI=1S/C21H17F4N3O3/c1-2-17(20(30)26-16-6-4-3-5-15(16)21(23,24)25)31-18-11-12-19(29)28(27-18)14-9-7-13(22)8-10-14/h3-12,17H,2H2,1H3,(H,26,30)/t17-/m1/s1. The highest BCUT2D eigenvalue weighted by atomic mass is 19.4. The number of anilines is 1. The predicted molar refractivity (Wildman–Crippen MR) is 105 cm³/mol. The van der Waals surface area contributed by atoms with Crippen molar-refractivity contribution in [2.45, 2.75) is 25.6 Å². The number of hydrogen-bond donors (Lipinski definition) is 1. The highest BCUT2D eigenvalue weighted by molar-refractivity contribution is 5.95. The Morgan fingerprint density at radius 3 is 2.42 bits per heavy atom. The zero-order chi connectivity index (χ0) is 22.6. The molecule has 0 radical (unpaired) electrons. The van der Waals surface area contributed by atoms with Crippen LogP contribution in [0.25, 0.3) is 5.69 Å². The van der Waals surface area contributed by atoms with Gasteiger partial charge in [0.1, 0.15) is 5.82 Å². The number of carbonyl (C=O) groups excluding carboxylic acids is 1. The molecule has 3 rings (SSSR count). The highest BCUT2D eigenvalue weighted by Gasteiger charge is 2.34. The minimum atomic E-state index is -4.64. The van der Waals surface area contributed by atoms with E-state index in [0.717, 1.165) is 35.0 Å². The van der Waals surface area contributed by atoms with Gasteiger partial charge in [0.25, 0.3) is 11.5 Å². The average molecular weight is 435 g/mol. The number of aromatic nitrogens is 2. The van der Waals surface area contributed by atoms with E-state index in [1.807, 2.05) is 0 Å². The molecule has 1 heterocycles. The monoisotopic (exact) mass is 435 g/mol. The van der Waals surface area contributed by atoms with Crippen molar-refractivity contribution in [2.75, 3.05) is 5.32 Å². The summed E-state index contributed by atoms with van der Waals surface area (Å²) in [5, 5.41) is 6.24. The van der Waals surface area contributed by atoms with E-state index in [9.17, 15) is 27.2 Å². The summed E-state index contributed by atoms with van der Waals surface area (Å²) in [6, 6.07) is 11.9. The second-order valence-corrected chi connectivity index (χ2v) is 6.45. The van der Waals surface area contributed by atoms with Gasteiger partial charge in [0.15, 0.2) is 6.10 Å².